The maximum atomic E-state index is 6.77. The maximum Gasteiger partial charge on any atom is 0.247 e. The molecule has 4 nitrogen and oxygen atoms in total. The molecule has 0 atom stereocenters. The molecule has 0 N–H and O–H groups in total. The molecule has 7 rings (SSSR count). The summed E-state index contributed by atoms with van der Waals surface area (Å²) in [6, 6.07) is 33.5. The summed E-state index contributed by atoms with van der Waals surface area (Å²) in [4.78, 5) is 0. The van der Waals surface area contributed by atoms with E-state index in [1.807, 2.05) is 35.0 Å². The predicted molar refractivity (Wildman–Crippen MR) is 134 cm³/mol. The van der Waals surface area contributed by atoms with Crippen molar-refractivity contribution in [1.82, 2.24) is 14.3 Å². The number of para-hydroxylation sites is 3. The van der Waals surface area contributed by atoms with Crippen LogP contribution in [0.25, 0.3) is 49.6 Å². The van der Waals surface area contributed by atoms with Gasteiger partial charge in [0.05, 0.1) is 23.0 Å². The lowest BCUT2D eigenvalue weighted by molar-refractivity contribution is 0.615. The van der Waals surface area contributed by atoms with Crippen LogP contribution in [-0.2, 0) is 6.54 Å². The number of aromatic nitrogens is 3. The van der Waals surface area contributed by atoms with E-state index in [1.54, 1.807) is 0 Å². The number of furan rings is 1. The lowest BCUT2D eigenvalue weighted by atomic mass is 10.1. The van der Waals surface area contributed by atoms with Crippen LogP contribution in [0.4, 0.5) is 0 Å². The number of benzene rings is 4. The van der Waals surface area contributed by atoms with Crippen molar-refractivity contribution in [3.8, 4) is 5.69 Å². The lowest BCUT2D eigenvalue weighted by Gasteiger charge is -2.09. The Bertz CT molecular complexity index is 1810. The molecule has 0 fully saturated rings. The van der Waals surface area contributed by atoms with Gasteiger partial charge in [-0.15, -0.1) is 5.10 Å². The van der Waals surface area contributed by atoms with Crippen molar-refractivity contribution in [2.75, 3.05) is 0 Å². The van der Waals surface area contributed by atoms with Gasteiger partial charge in [-0.2, -0.15) is 0 Å². The second-order valence-corrected chi connectivity index (χ2v) is 8.62. The Kier molecular flexibility index (Phi) is 3.93. The third-order valence-electron chi connectivity index (χ3n) is 6.31. The maximum absolute atomic E-state index is 6.77. The molecule has 33 heavy (non-hydrogen) atoms. The first-order valence-electron chi connectivity index (χ1n) is 10.9. The van der Waals surface area contributed by atoms with Crippen molar-refractivity contribution in [1.29, 1.82) is 0 Å². The molecule has 0 spiro atoms. The van der Waals surface area contributed by atoms with Gasteiger partial charge < -0.3 is 8.98 Å². The first kappa shape index (κ1) is 18.5. The van der Waals surface area contributed by atoms with Crippen molar-refractivity contribution < 1.29 is 4.42 Å². The summed E-state index contributed by atoms with van der Waals surface area (Å²) in [7, 11) is 0. The molecule has 0 saturated heterocycles. The molecule has 158 valence electrons. The monoisotopic (exact) mass is 447 g/mol. The van der Waals surface area contributed by atoms with E-state index in [0.29, 0.717) is 17.4 Å². The largest absolute Gasteiger partial charge is 0.436 e. The molecular weight excluding hydrogens is 430 g/mol. The Morgan fingerprint density at radius 3 is 2.33 bits per heavy atom. The first-order chi connectivity index (χ1) is 16.3. The van der Waals surface area contributed by atoms with Crippen LogP contribution < -0.4 is 0 Å². The zero-order valence-electron chi connectivity index (χ0n) is 17.6. The van der Waals surface area contributed by atoms with Crippen molar-refractivity contribution in [2.24, 2.45) is 0 Å². The zero-order valence-corrected chi connectivity index (χ0v) is 18.3. The SMILES string of the molecule is Clc1c2c(nn1Cc1ccc3c4ccccc4n(-c4ccccc4)c3c1)oc1ccccc12. The summed E-state index contributed by atoms with van der Waals surface area (Å²) in [6.45, 7) is 0.559. The Morgan fingerprint density at radius 2 is 1.45 bits per heavy atom. The summed E-state index contributed by atoms with van der Waals surface area (Å²) in [5, 5.41) is 9.58. The van der Waals surface area contributed by atoms with E-state index in [4.69, 9.17) is 16.0 Å². The highest BCUT2D eigenvalue weighted by Gasteiger charge is 2.18. The minimum atomic E-state index is 0.559. The topological polar surface area (TPSA) is 35.9 Å². The summed E-state index contributed by atoms with van der Waals surface area (Å²) < 4.78 is 10.1. The van der Waals surface area contributed by atoms with E-state index in [1.165, 1.54) is 16.3 Å². The highest BCUT2D eigenvalue weighted by atomic mass is 35.5. The smallest absolute Gasteiger partial charge is 0.247 e. The van der Waals surface area contributed by atoms with Gasteiger partial charge in [0.2, 0.25) is 5.71 Å². The summed E-state index contributed by atoms with van der Waals surface area (Å²) >= 11 is 6.77. The Labute approximate surface area is 194 Å². The van der Waals surface area contributed by atoms with Crippen LogP contribution in [0.5, 0.6) is 0 Å². The van der Waals surface area contributed by atoms with E-state index in [2.05, 4.69) is 76.4 Å². The number of hydrogen-bond donors (Lipinski definition) is 0. The Balaban J connectivity index is 1.40. The van der Waals surface area contributed by atoms with E-state index >= 15 is 0 Å². The van der Waals surface area contributed by atoms with Crippen molar-refractivity contribution in [3.63, 3.8) is 0 Å². The quantitative estimate of drug-likeness (QED) is 0.280. The highest BCUT2D eigenvalue weighted by Crippen LogP contribution is 2.35. The van der Waals surface area contributed by atoms with Gasteiger partial charge in [0.15, 0.2) is 0 Å². The lowest BCUT2D eigenvalue weighted by Crippen LogP contribution is -2.02. The molecule has 0 saturated carbocycles. The molecule has 0 amide bonds. The van der Waals surface area contributed by atoms with Crippen LogP contribution in [0.3, 0.4) is 0 Å². The van der Waals surface area contributed by atoms with Gasteiger partial charge in [-0.1, -0.05) is 78.3 Å². The number of hydrogen-bond acceptors (Lipinski definition) is 2. The summed E-state index contributed by atoms with van der Waals surface area (Å²) in [6.07, 6.45) is 0. The fourth-order valence-electron chi connectivity index (χ4n) is 4.83. The number of fused-ring (bicyclic) bond motifs is 6. The summed E-state index contributed by atoms with van der Waals surface area (Å²) in [5.41, 5.74) is 5.99. The molecule has 0 aliphatic carbocycles. The van der Waals surface area contributed by atoms with E-state index in [0.717, 1.165) is 33.1 Å². The van der Waals surface area contributed by atoms with Gasteiger partial charge in [-0.3, -0.25) is 0 Å². The van der Waals surface area contributed by atoms with Crippen LogP contribution in [0.15, 0.2) is 101 Å². The van der Waals surface area contributed by atoms with Crippen LogP contribution in [-0.4, -0.2) is 14.3 Å². The average Bonchev–Trinajstić information content (AvgIpc) is 3.48. The first-order valence-corrected chi connectivity index (χ1v) is 11.3. The summed E-state index contributed by atoms with van der Waals surface area (Å²) in [5.74, 6) is 0. The van der Waals surface area contributed by atoms with Crippen LogP contribution >= 0.6 is 11.6 Å². The number of halogens is 1. The molecular formula is C28H18ClN3O. The van der Waals surface area contributed by atoms with E-state index in [-0.39, 0.29) is 0 Å². The number of rotatable bonds is 3. The zero-order chi connectivity index (χ0) is 21.9. The van der Waals surface area contributed by atoms with Gasteiger partial charge in [0.25, 0.3) is 0 Å². The van der Waals surface area contributed by atoms with Gasteiger partial charge in [0, 0.05) is 21.8 Å². The third-order valence-corrected chi connectivity index (χ3v) is 6.69. The molecule has 3 aromatic heterocycles. The van der Waals surface area contributed by atoms with Crippen molar-refractivity contribution >= 4 is 55.5 Å². The molecule has 3 heterocycles. The fourth-order valence-corrected chi connectivity index (χ4v) is 5.11. The number of nitrogens with zero attached hydrogens (tertiary/aromatic N) is 3. The van der Waals surface area contributed by atoms with Gasteiger partial charge in [0.1, 0.15) is 10.7 Å². The normalized spacial score (nSPS) is 11.9. The second-order valence-electron chi connectivity index (χ2n) is 8.27. The molecule has 7 aromatic rings. The van der Waals surface area contributed by atoms with Gasteiger partial charge >= 0.3 is 0 Å². The van der Waals surface area contributed by atoms with Crippen molar-refractivity contribution in [2.45, 2.75) is 6.54 Å². The van der Waals surface area contributed by atoms with Gasteiger partial charge in [-0.25, -0.2) is 4.68 Å². The second kappa shape index (κ2) is 6.99. The third kappa shape index (κ3) is 2.74. The molecule has 0 aliphatic heterocycles. The standard InChI is InChI=1S/C28H18ClN3O/c29-27-26-22-11-5-7-13-25(22)33-28(26)30-31(27)17-18-14-15-21-20-10-4-6-12-23(20)32(24(21)16-18)19-8-2-1-3-9-19/h1-16H,17H2. The van der Waals surface area contributed by atoms with Crippen molar-refractivity contribution in [3.05, 3.63) is 108 Å². The Morgan fingerprint density at radius 1 is 0.727 bits per heavy atom. The average molecular weight is 448 g/mol. The minimum absolute atomic E-state index is 0.559. The molecule has 0 bridgehead atoms. The van der Waals surface area contributed by atoms with E-state index in [9.17, 15) is 0 Å². The van der Waals surface area contributed by atoms with Crippen LogP contribution in [0, 0.1) is 0 Å². The Hall–Kier alpha value is -4.02. The van der Waals surface area contributed by atoms with Crippen LogP contribution in [0.1, 0.15) is 5.56 Å². The van der Waals surface area contributed by atoms with Crippen LogP contribution in [0.2, 0.25) is 5.15 Å². The highest BCUT2D eigenvalue weighted by molar-refractivity contribution is 6.36. The molecule has 4 aromatic carbocycles. The van der Waals surface area contributed by atoms with E-state index < -0.39 is 0 Å². The minimum Gasteiger partial charge on any atom is -0.436 e. The molecule has 5 heteroatoms. The molecule has 0 aliphatic rings. The molecule has 0 unspecified atom stereocenters. The van der Waals surface area contributed by atoms with Gasteiger partial charge in [-0.05, 0) is 35.9 Å². The molecule has 0 radical (unpaired) electrons. The predicted octanol–water partition coefficient (Wildman–Crippen LogP) is 7.58. The fraction of sp³-hybridized carbons (Fsp3) is 0.0357.